The van der Waals surface area contributed by atoms with Crippen molar-refractivity contribution in [2.75, 3.05) is 5.32 Å². The summed E-state index contributed by atoms with van der Waals surface area (Å²) in [5, 5.41) is 13.4. The normalized spacial score (nSPS) is 12.2. The molecular formula is C21H23ClN4O2. The summed E-state index contributed by atoms with van der Waals surface area (Å²) in [5.74, 6) is 0.204. The van der Waals surface area contributed by atoms with Gasteiger partial charge in [-0.1, -0.05) is 43.6 Å². The highest BCUT2D eigenvalue weighted by Crippen LogP contribution is 2.34. The Morgan fingerprint density at radius 3 is 2.61 bits per heavy atom. The Morgan fingerprint density at radius 1 is 1.25 bits per heavy atom. The van der Waals surface area contributed by atoms with Crippen LogP contribution in [-0.2, 0) is 4.79 Å². The summed E-state index contributed by atoms with van der Waals surface area (Å²) in [6, 6.07) is 9.18. The highest BCUT2D eigenvalue weighted by molar-refractivity contribution is 6.33. The maximum Gasteiger partial charge on any atom is 0.228 e. The smallest absolute Gasteiger partial charge is 0.228 e. The van der Waals surface area contributed by atoms with Crippen LogP contribution in [0.4, 0.5) is 5.82 Å². The monoisotopic (exact) mass is 398 g/mol. The molecule has 0 fully saturated rings. The summed E-state index contributed by atoms with van der Waals surface area (Å²) in [5.41, 5.74) is 9.58. The maximum absolute atomic E-state index is 12.0. The number of amides is 1. The average Bonchev–Trinajstić information content (AvgIpc) is 3.08. The molecular weight excluding hydrogens is 376 g/mol. The molecule has 0 spiro atoms. The number of halogens is 1. The van der Waals surface area contributed by atoms with Gasteiger partial charge in [-0.15, -0.1) is 0 Å². The highest BCUT2D eigenvalue weighted by Gasteiger charge is 2.18. The molecule has 2 aromatic heterocycles. The molecule has 2 heterocycles. The number of nitrogens with zero attached hydrogens (tertiary/aromatic N) is 2. The van der Waals surface area contributed by atoms with Crippen LogP contribution in [-0.4, -0.2) is 20.6 Å². The van der Waals surface area contributed by atoms with Crippen molar-refractivity contribution in [3.8, 4) is 16.8 Å². The van der Waals surface area contributed by atoms with Crippen LogP contribution < -0.4 is 11.1 Å². The van der Waals surface area contributed by atoms with E-state index in [0.29, 0.717) is 16.4 Å². The number of aliphatic hydroxyl groups excluding tert-OH is 1. The van der Waals surface area contributed by atoms with E-state index in [2.05, 4.69) is 10.3 Å². The van der Waals surface area contributed by atoms with Crippen LogP contribution in [0.3, 0.4) is 0 Å². The number of benzene rings is 1. The molecule has 0 radical (unpaired) electrons. The number of carbonyl (C=O) groups is 1. The van der Waals surface area contributed by atoms with Gasteiger partial charge in [0, 0.05) is 52.3 Å². The molecule has 146 valence electrons. The topological polar surface area (TPSA) is 93.2 Å². The van der Waals surface area contributed by atoms with Gasteiger partial charge in [0.1, 0.15) is 12.0 Å². The van der Waals surface area contributed by atoms with Crippen LogP contribution in [0.5, 0.6) is 0 Å². The number of hydrogen-bond acceptors (Lipinski definition) is 4. The number of aryl methyl sites for hydroxylation is 1. The highest BCUT2D eigenvalue weighted by atomic mass is 35.5. The first-order valence-electron chi connectivity index (χ1n) is 8.96. The van der Waals surface area contributed by atoms with E-state index in [1.165, 1.54) is 0 Å². The molecule has 0 aliphatic heterocycles. The van der Waals surface area contributed by atoms with E-state index in [1.807, 2.05) is 49.7 Å². The lowest BCUT2D eigenvalue weighted by Crippen LogP contribution is -2.18. The molecule has 4 N–H and O–H groups in total. The average molecular weight is 399 g/mol. The van der Waals surface area contributed by atoms with Crippen molar-refractivity contribution in [1.29, 1.82) is 0 Å². The molecule has 6 nitrogen and oxygen atoms in total. The number of carbonyl (C=O) groups excluding carboxylic acids is 1. The Hall–Kier alpha value is -2.67. The second-order valence-electron chi connectivity index (χ2n) is 6.96. The summed E-state index contributed by atoms with van der Waals surface area (Å²) in [6.45, 7) is 5.56. The molecule has 3 rings (SSSR count). The van der Waals surface area contributed by atoms with Crippen molar-refractivity contribution < 1.29 is 9.90 Å². The van der Waals surface area contributed by atoms with E-state index in [9.17, 15) is 9.90 Å². The minimum absolute atomic E-state index is 0.107. The summed E-state index contributed by atoms with van der Waals surface area (Å²) < 4.78 is 1.85. The number of pyridine rings is 1. The molecule has 7 heteroatoms. The predicted octanol–water partition coefficient (Wildman–Crippen LogP) is 4.05. The quantitative estimate of drug-likeness (QED) is 0.565. The van der Waals surface area contributed by atoms with Gasteiger partial charge in [-0.3, -0.25) is 4.79 Å². The first kappa shape index (κ1) is 20.1. The lowest BCUT2D eigenvalue weighted by molar-refractivity contribution is -0.118. The van der Waals surface area contributed by atoms with E-state index < -0.39 is 6.23 Å². The Balaban J connectivity index is 2.08. The lowest BCUT2D eigenvalue weighted by Gasteiger charge is -2.11. The lowest BCUT2D eigenvalue weighted by atomic mass is 10.0. The summed E-state index contributed by atoms with van der Waals surface area (Å²) in [4.78, 5) is 16.3. The van der Waals surface area contributed by atoms with E-state index in [0.717, 1.165) is 22.4 Å². The molecule has 3 aromatic rings. The fourth-order valence-corrected chi connectivity index (χ4v) is 3.12. The van der Waals surface area contributed by atoms with Crippen molar-refractivity contribution in [3.05, 3.63) is 65.1 Å². The first-order valence-corrected chi connectivity index (χ1v) is 9.34. The molecule has 0 saturated heterocycles. The molecule has 1 amide bonds. The third-order valence-corrected chi connectivity index (χ3v) is 4.80. The first-order chi connectivity index (χ1) is 13.3. The molecule has 0 aliphatic carbocycles. The number of aromatic nitrogens is 2. The SMILES string of the molecule is Cc1cnc(NC(=O)C(C)C)cc1-n1cc(-c2ccccc2Cl)c(C(N)O)c1. The molecule has 28 heavy (non-hydrogen) atoms. The van der Waals surface area contributed by atoms with Crippen LogP contribution in [0.15, 0.2) is 48.9 Å². The molecule has 0 saturated carbocycles. The van der Waals surface area contributed by atoms with Gasteiger partial charge < -0.3 is 20.7 Å². The van der Waals surface area contributed by atoms with Gasteiger partial charge >= 0.3 is 0 Å². The van der Waals surface area contributed by atoms with Crippen LogP contribution in [0.2, 0.25) is 5.02 Å². The van der Waals surface area contributed by atoms with Gasteiger partial charge in [-0.25, -0.2) is 4.98 Å². The third-order valence-electron chi connectivity index (χ3n) is 4.47. The van der Waals surface area contributed by atoms with Crippen LogP contribution >= 0.6 is 11.6 Å². The van der Waals surface area contributed by atoms with E-state index >= 15 is 0 Å². The van der Waals surface area contributed by atoms with Gasteiger partial charge in [-0.2, -0.15) is 0 Å². The van der Waals surface area contributed by atoms with Gasteiger partial charge in [-0.05, 0) is 18.6 Å². The van der Waals surface area contributed by atoms with E-state index in [1.54, 1.807) is 24.5 Å². The minimum atomic E-state index is -1.16. The second kappa shape index (κ2) is 8.14. The zero-order valence-corrected chi connectivity index (χ0v) is 16.7. The van der Waals surface area contributed by atoms with Gasteiger partial charge in [0.05, 0.1) is 5.69 Å². The number of rotatable bonds is 5. The molecule has 0 aliphatic rings. The van der Waals surface area contributed by atoms with Crippen LogP contribution in [0.25, 0.3) is 16.8 Å². The molecule has 1 atom stereocenters. The maximum atomic E-state index is 12.0. The zero-order chi connectivity index (χ0) is 20.4. The number of nitrogens with one attached hydrogen (secondary N) is 1. The van der Waals surface area contributed by atoms with Crippen molar-refractivity contribution >= 4 is 23.3 Å². The number of aliphatic hydroxyl groups is 1. The predicted molar refractivity (Wildman–Crippen MR) is 111 cm³/mol. The third kappa shape index (κ3) is 4.09. The largest absolute Gasteiger partial charge is 0.374 e. The molecule has 0 bridgehead atoms. The number of hydrogen-bond donors (Lipinski definition) is 3. The summed E-state index contributed by atoms with van der Waals surface area (Å²) in [7, 11) is 0. The second-order valence-corrected chi connectivity index (χ2v) is 7.37. The van der Waals surface area contributed by atoms with Crippen molar-refractivity contribution in [2.45, 2.75) is 27.0 Å². The van der Waals surface area contributed by atoms with Gasteiger partial charge in [0.15, 0.2) is 0 Å². The fraction of sp³-hybridized carbons (Fsp3) is 0.238. The number of anilines is 1. The van der Waals surface area contributed by atoms with Crippen molar-refractivity contribution in [3.63, 3.8) is 0 Å². The van der Waals surface area contributed by atoms with Gasteiger partial charge in [0.2, 0.25) is 5.91 Å². The van der Waals surface area contributed by atoms with E-state index in [-0.39, 0.29) is 11.8 Å². The fourth-order valence-electron chi connectivity index (χ4n) is 2.88. The van der Waals surface area contributed by atoms with E-state index in [4.69, 9.17) is 17.3 Å². The van der Waals surface area contributed by atoms with Crippen LogP contribution in [0.1, 0.15) is 31.2 Å². The van der Waals surface area contributed by atoms with Crippen molar-refractivity contribution in [1.82, 2.24) is 9.55 Å². The van der Waals surface area contributed by atoms with Crippen LogP contribution in [0, 0.1) is 12.8 Å². The zero-order valence-electron chi connectivity index (χ0n) is 16.0. The summed E-state index contributed by atoms with van der Waals surface area (Å²) >= 11 is 6.34. The molecule has 1 aromatic carbocycles. The minimum Gasteiger partial charge on any atom is -0.374 e. The Kier molecular flexibility index (Phi) is 5.84. The Morgan fingerprint density at radius 2 is 1.96 bits per heavy atom. The standard InChI is InChI=1S/C21H23ClN4O2/c1-12(2)21(28)25-19-8-18(13(3)9-24-19)26-10-15(16(11-26)20(23)27)14-6-4-5-7-17(14)22/h4-12,20,27H,23H2,1-3H3,(H,24,25,28). The molecule has 1 unspecified atom stereocenters. The Labute approximate surface area is 169 Å². The number of nitrogens with two attached hydrogens (primary N) is 1. The Bertz CT molecular complexity index is 1010. The van der Waals surface area contributed by atoms with Crippen molar-refractivity contribution in [2.24, 2.45) is 11.7 Å². The summed E-state index contributed by atoms with van der Waals surface area (Å²) in [6.07, 6.45) is 4.16. The van der Waals surface area contributed by atoms with Gasteiger partial charge in [0.25, 0.3) is 0 Å².